The van der Waals surface area contributed by atoms with Crippen LogP contribution in [0, 0.1) is 0 Å². The second-order valence-corrected chi connectivity index (χ2v) is 5.82. The molecule has 0 saturated carbocycles. The molecule has 0 bridgehead atoms. The van der Waals surface area contributed by atoms with Crippen LogP contribution >= 0.6 is 0 Å². The largest absolute Gasteiger partial charge is 0.416 e. The third-order valence-corrected chi connectivity index (χ3v) is 3.31. The molecular formula is C15H18F3NO. The Morgan fingerprint density at radius 1 is 1.10 bits per heavy atom. The summed E-state index contributed by atoms with van der Waals surface area (Å²) in [6.45, 7) is 7.13. The summed E-state index contributed by atoms with van der Waals surface area (Å²) in [5, 5.41) is 10.7. The van der Waals surface area contributed by atoms with Crippen LogP contribution in [-0.2, 0) is 11.8 Å². The summed E-state index contributed by atoms with van der Waals surface area (Å²) in [6, 6.07) is 5.35. The minimum Gasteiger partial charge on any atom is -0.384 e. The topological polar surface area (TPSA) is 25.2 Å². The Hall–Kier alpha value is -1.49. The number of aromatic nitrogens is 1. The van der Waals surface area contributed by atoms with Gasteiger partial charge < -0.3 is 9.67 Å². The Balaban J connectivity index is 2.74. The van der Waals surface area contributed by atoms with Crippen LogP contribution in [0.25, 0.3) is 10.9 Å². The average molecular weight is 285 g/mol. The van der Waals surface area contributed by atoms with Crippen molar-refractivity contribution in [1.82, 2.24) is 4.57 Å². The summed E-state index contributed by atoms with van der Waals surface area (Å²) < 4.78 is 40.1. The van der Waals surface area contributed by atoms with E-state index in [1.54, 1.807) is 19.9 Å². The predicted molar refractivity (Wildman–Crippen MR) is 72.6 cm³/mol. The van der Waals surface area contributed by atoms with Crippen molar-refractivity contribution >= 4 is 10.9 Å². The maximum absolute atomic E-state index is 12.8. The van der Waals surface area contributed by atoms with E-state index in [4.69, 9.17) is 0 Å². The molecule has 110 valence electrons. The van der Waals surface area contributed by atoms with Gasteiger partial charge in [-0.25, -0.2) is 0 Å². The minimum atomic E-state index is -4.36. The van der Waals surface area contributed by atoms with E-state index in [-0.39, 0.29) is 6.04 Å². The zero-order chi connectivity index (χ0) is 15.3. The number of fused-ring (bicyclic) bond motifs is 1. The zero-order valence-electron chi connectivity index (χ0n) is 11.9. The van der Waals surface area contributed by atoms with Crippen molar-refractivity contribution in [3.8, 4) is 0 Å². The third-order valence-electron chi connectivity index (χ3n) is 3.31. The fraction of sp³-hybridized carbons (Fsp3) is 0.467. The van der Waals surface area contributed by atoms with Crippen molar-refractivity contribution in [2.24, 2.45) is 0 Å². The molecule has 0 spiro atoms. The van der Waals surface area contributed by atoms with Gasteiger partial charge in [0.1, 0.15) is 0 Å². The molecule has 2 aromatic rings. The van der Waals surface area contributed by atoms with Gasteiger partial charge in [-0.05, 0) is 52.0 Å². The summed E-state index contributed by atoms with van der Waals surface area (Å²) in [5.74, 6) is 0. The van der Waals surface area contributed by atoms with E-state index < -0.39 is 17.3 Å². The summed E-state index contributed by atoms with van der Waals surface area (Å²) in [4.78, 5) is 0. The second kappa shape index (κ2) is 4.52. The molecule has 2 nitrogen and oxygen atoms in total. The summed E-state index contributed by atoms with van der Waals surface area (Å²) >= 11 is 0. The van der Waals surface area contributed by atoms with Gasteiger partial charge in [0, 0.05) is 16.9 Å². The van der Waals surface area contributed by atoms with Gasteiger partial charge in [-0.1, -0.05) is 0 Å². The van der Waals surface area contributed by atoms with Gasteiger partial charge in [-0.3, -0.25) is 0 Å². The van der Waals surface area contributed by atoms with E-state index in [0.717, 1.165) is 12.1 Å². The second-order valence-electron chi connectivity index (χ2n) is 5.82. The molecule has 20 heavy (non-hydrogen) atoms. The van der Waals surface area contributed by atoms with Crippen LogP contribution in [0.1, 0.15) is 45.0 Å². The van der Waals surface area contributed by atoms with Crippen molar-refractivity contribution in [2.45, 2.75) is 45.5 Å². The van der Waals surface area contributed by atoms with Gasteiger partial charge in [-0.2, -0.15) is 13.2 Å². The standard InChI is InChI=1S/C15H18F3NO/c1-9(2)19-12-6-5-11(15(16,17)18)7-10(12)8-13(19)14(3,4)20/h5-9,20H,1-4H3. The Kier molecular flexibility index (Phi) is 3.37. The van der Waals surface area contributed by atoms with Crippen LogP contribution < -0.4 is 0 Å². The predicted octanol–water partition coefficient (Wildman–Crippen LogP) is 4.47. The molecule has 0 aliphatic carbocycles. The number of hydrogen-bond acceptors (Lipinski definition) is 1. The van der Waals surface area contributed by atoms with Crippen LogP contribution in [0.2, 0.25) is 0 Å². The van der Waals surface area contributed by atoms with Crippen molar-refractivity contribution < 1.29 is 18.3 Å². The number of aliphatic hydroxyl groups is 1. The number of benzene rings is 1. The number of alkyl halides is 3. The molecule has 1 heterocycles. The van der Waals surface area contributed by atoms with E-state index in [2.05, 4.69) is 0 Å². The first-order chi connectivity index (χ1) is 9.01. The first kappa shape index (κ1) is 14.9. The molecule has 0 amide bonds. The van der Waals surface area contributed by atoms with Gasteiger partial charge in [0.15, 0.2) is 0 Å². The van der Waals surface area contributed by atoms with Crippen LogP contribution in [0.5, 0.6) is 0 Å². The molecule has 0 aliphatic rings. The van der Waals surface area contributed by atoms with Crippen molar-refractivity contribution in [3.05, 3.63) is 35.5 Å². The molecule has 2 rings (SSSR count). The maximum atomic E-state index is 12.8. The highest BCUT2D eigenvalue weighted by atomic mass is 19.4. The normalized spacial score (nSPS) is 13.4. The smallest absolute Gasteiger partial charge is 0.384 e. The average Bonchev–Trinajstić information content (AvgIpc) is 2.65. The van der Waals surface area contributed by atoms with Gasteiger partial charge in [0.2, 0.25) is 0 Å². The Bertz CT molecular complexity index is 633. The van der Waals surface area contributed by atoms with Gasteiger partial charge in [0.05, 0.1) is 16.9 Å². The van der Waals surface area contributed by atoms with Gasteiger partial charge in [0.25, 0.3) is 0 Å². The summed E-state index contributed by atoms with van der Waals surface area (Å²) in [5.41, 5.74) is -0.470. The Morgan fingerprint density at radius 3 is 2.15 bits per heavy atom. The fourth-order valence-corrected chi connectivity index (χ4v) is 2.44. The van der Waals surface area contributed by atoms with Gasteiger partial charge >= 0.3 is 6.18 Å². The van der Waals surface area contributed by atoms with E-state index in [0.29, 0.717) is 16.6 Å². The maximum Gasteiger partial charge on any atom is 0.416 e. The molecule has 0 fully saturated rings. The van der Waals surface area contributed by atoms with Crippen molar-refractivity contribution in [3.63, 3.8) is 0 Å². The molecule has 1 N–H and O–H groups in total. The molecule has 0 atom stereocenters. The lowest BCUT2D eigenvalue weighted by Gasteiger charge is -2.23. The number of hydrogen-bond donors (Lipinski definition) is 1. The lowest BCUT2D eigenvalue weighted by Crippen LogP contribution is -2.21. The van der Waals surface area contributed by atoms with Crippen LogP contribution in [0.3, 0.4) is 0 Å². The fourth-order valence-electron chi connectivity index (χ4n) is 2.44. The first-order valence-corrected chi connectivity index (χ1v) is 6.47. The highest BCUT2D eigenvalue weighted by Gasteiger charge is 2.31. The number of rotatable bonds is 2. The highest BCUT2D eigenvalue weighted by molar-refractivity contribution is 5.82. The Morgan fingerprint density at radius 2 is 1.70 bits per heavy atom. The Labute approximate surface area is 115 Å². The van der Waals surface area contributed by atoms with E-state index >= 15 is 0 Å². The first-order valence-electron chi connectivity index (χ1n) is 6.47. The SMILES string of the molecule is CC(C)n1c(C(C)(C)O)cc2cc(C(F)(F)F)ccc21. The molecule has 1 aromatic heterocycles. The lowest BCUT2D eigenvalue weighted by atomic mass is 10.0. The monoisotopic (exact) mass is 285 g/mol. The zero-order valence-corrected chi connectivity index (χ0v) is 11.9. The van der Waals surface area contributed by atoms with E-state index in [1.807, 2.05) is 18.4 Å². The van der Waals surface area contributed by atoms with Crippen LogP contribution in [-0.4, -0.2) is 9.67 Å². The molecule has 0 aliphatic heterocycles. The quantitative estimate of drug-likeness (QED) is 0.865. The number of halogens is 3. The van der Waals surface area contributed by atoms with Crippen molar-refractivity contribution in [2.75, 3.05) is 0 Å². The van der Waals surface area contributed by atoms with Crippen LogP contribution in [0.15, 0.2) is 24.3 Å². The molecular weight excluding hydrogens is 267 g/mol. The molecule has 0 radical (unpaired) electrons. The van der Waals surface area contributed by atoms with Crippen molar-refractivity contribution in [1.29, 1.82) is 0 Å². The molecule has 5 heteroatoms. The van der Waals surface area contributed by atoms with Crippen LogP contribution in [0.4, 0.5) is 13.2 Å². The van der Waals surface area contributed by atoms with Gasteiger partial charge in [-0.15, -0.1) is 0 Å². The third kappa shape index (κ3) is 2.54. The van der Waals surface area contributed by atoms with E-state index in [9.17, 15) is 18.3 Å². The molecule has 1 aromatic carbocycles. The molecule has 0 unspecified atom stereocenters. The van der Waals surface area contributed by atoms with E-state index in [1.165, 1.54) is 6.07 Å². The number of nitrogens with zero attached hydrogens (tertiary/aromatic N) is 1. The highest BCUT2D eigenvalue weighted by Crippen LogP contribution is 2.35. The molecule has 0 saturated heterocycles. The summed E-state index contributed by atoms with van der Waals surface area (Å²) in [6.07, 6.45) is -4.36. The lowest BCUT2D eigenvalue weighted by molar-refractivity contribution is -0.137. The summed E-state index contributed by atoms with van der Waals surface area (Å²) in [7, 11) is 0. The minimum absolute atomic E-state index is 0.0469.